The molecule has 8 heteroatoms. The van der Waals surface area contributed by atoms with E-state index >= 15 is 0 Å². The normalized spacial score (nSPS) is 11.3. The Morgan fingerprint density at radius 1 is 0.750 bits per heavy atom. The monoisotopic (exact) mass is 484 g/mol. The number of benzene rings is 4. The lowest BCUT2D eigenvalue weighted by molar-refractivity contribution is -0.115. The molecule has 0 aliphatic heterocycles. The van der Waals surface area contributed by atoms with E-state index < -0.39 is 10.0 Å². The molecule has 0 radical (unpaired) electrons. The summed E-state index contributed by atoms with van der Waals surface area (Å²) in [6, 6.07) is 24.1. The van der Waals surface area contributed by atoms with Crippen molar-refractivity contribution in [2.24, 2.45) is 0 Å². The Labute approximate surface area is 196 Å². The molecular weight excluding hydrogens is 467 g/mol. The fraction of sp³-hybridized carbons (Fsp3) is 0.0417. The molecule has 162 valence electrons. The van der Waals surface area contributed by atoms with E-state index in [0.29, 0.717) is 21.4 Å². The number of anilines is 2. The summed E-state index contributed by atoms with van der Waals surface area (Å²) in [6.07, 6.45) is 0.123. The number of carbonyl (C=O) groups is 1. The van der Waals surface area contributed by atoms with Gasteiger partial charge < -0.3 is 5.32 Å². The molecule has 0 aromatic heterocycles. The quantitative estimate of drug-likeness (QED) is 0.345. The van der Waals surface area contributed by atoms with E-state index in [4.69, 9.17) is 23.2 Å². The SMILES string of the molecule is O=C(Cc1ccc(NS(=O)(=O)c2ccc3ccccc3c2)cc1)Nc1ccc(Cl)c(Cl)c1. The van der Waals surface area contributed by atoms with E-state index in [1.807, 2.05) is 24.3 Å². The fourth-order valence-corrected chi connectivity index (χ4v) is 4.60. The molecule has 0 bridgehead atoms. The first-order chi connectivity index (χ1) is 15.3. The average molecular weight is 485 g/mol. The Morgan fingerprint density at radius 3 is 2.16 bits per heavy atom. The van der Waals surface area contributed by atoms with Crippen LogP contribution in [0.25, 0.3) is 10.8 Å². The number of fused-ring (bicyclic) bond motifs is 1. The van der Waals surface area contributed by atoms with Crippen LogP contribution < -0.4 is 10.0 Å². The summed E-state index contributed by atoms with van der Waals surface area (Å²) in [7, 11) is -3.74. The molecule has 5 nitrogen and oxygen atoms in total. The summed E-state index contributed by atoms with van der Waals surface area (Å²) < 4.78 is 28.1. The van der Waals surface area contributed by atoms with Gasteiger partial charge in [-0.1, -0.05) is 65.7 Å². The Kier molecular flexibility index (Phi) is 6.37. The fourth-order valence-electron chi connectivity index (χ4n) is 3.20. The first-order valence-corrected chi connectivity index (χ1v) is 11.9. The lowest BCUT2D eigenvalue weighted by Crippen LogP contribution is -2.15. The van der Waals surface area contributed by atoms with Gasteiger partial charge in [0.05, 0.1) is 21.4 Å². The second kappa shape index (κ2) is 9.20. The molecule has 0 saturated heterocycles. The van der Waals surface area contributed by atoms with Gasteiger partial charge in [0.25, 0.3) is 10.0 Å². The van der Waals surface area contributed by atoms with Crippen LogP contribution in [0.3, 0.4) is 0 Å². The minimum Gasteiger partial charge on any atom is -0.326 e. The van der Waals surface area contributed by atoms with Crippen molar-refractivity contribution in [3.05, 3.63) is 101 Å². The summed E-state index contributed by atoms with van der Waals surface area (Å²) in [5.41, 5.74) is 1.69. The van der Waals surface area contributed by atoms with Crippen LogP contribution in [0, 0.1) is 0 Å². The molecule has 0 unspecified atom stereocenters. The minimum atomic E-state index is -3.74. The largest absolute Gasteiger partial charge is 0.326 e. The molecule has 0 aliphatic carbocycles. The van der Waals surface area contributed by atoms with Gasteiger partial charge in [-0.3, -0.25) is 9.52 Å². The number of rotatable bonds is 6. The third kappa shape index (κ3) is 5.22. The Balaban J connectivity index is 1.42. The van der Waals surface area contributed by atoms with Crippen LogP contribution in [-0.4, -0.2) is 14.3 Å². The number of amides is 1. The average Bonchev–Trinajstić information content (AvgIpc) is 2.77. The number of halogens is 2. The van der Waals surface area contributed by atoms with E-state index in [1.165, 1.54) is 0 Å². The zero-order valence-corrected chi connectivity index (χ0v) is 19.0. The topological polar surface area (TPSA) is 75.3 Å². The van der Waals surface area contributed by atoms with Crippen molar-refractivity contribution >= 4 is 61.3 Å². The van der Waals surface area contributed by atoms with Crippen molar-refractivity contribution in [3.63, 3.8) is 0 Å². The molecule has 2 N–H and O–H groups in total. The van der Waals surface area contributed by atoms with E-state index in [9.17, 15) is 13.2 Å². The zero-order chi connectivity index (χ0) is 22.7. The van der Waals surface area contributed by atoms with Crippen LogP contribution in [0.2, 0.25) is 10.0 Å². The summed E-state index contributed by atoms with van der Waals surface area (Å²) in [6.45, 7) is 0. The number of sulfonamides is 1. The lowest BCUT2D eigenvalue weighted by atomic mass is 10.1. The highest BCUT2D eigenvalue weighted by Crippen LogP contribution is 2.25. The van der Waals surface area contributed by atoms with E-state index in [-0.39, 0.29) is 17.2 Å². The predicted octanol–water partition coefficient (Wildman–Crippen LogP) is 6.13. The molecule has 32 heavy (non-hydrogen) atoms. The van der Waals surface area contributed by atoms with Crippen LogP contribution in [0.15, 0.2) is 89.8 Å². The third-order valence-corrected chi connectivity index (χ3v) is 6.92. The number of hydrogen-bond donors (Lipinski definition) is 2. The summed E-state index contributed by atoms with van der Waals surface area (Å²) in [4.78, 5) is 12.5. The highest BCUT2D eigenvalue weighted by molar-refractivity contribution is 7.92. The maximum Gasteiger partial charge on any atom is 0.261 e. The molecule has 0 heterocycles. The summed E-state index contributed by atoms with van der Waals surface area (Å²) in [5, 5.41) is 5.33. The molecule has 0 aliphatic rings. The van der Waals surface area contributed by atoms with Gasteiger partial charge in [-0.05, 0) is 58.8 Å². The smallest absolute Gasteiger partial charge is 0.261 e. The Bertz CT molecular complexity index is 1400. The van der Waals surface area contributed by atoms with Gasteiger partial charge in [-0.2, -0.15) is 0 Å². The second-order valence-corrected chi connectivity index (χ2v) is 9.66. The van der Waals surface area contributed by atoms with Gasteiger partial charge in [-0.15, -0.1) is 0 Å². The van der Waals surface area contributed by atoms with Gasteiger partial charge in [0.2, 0.25) is 5.91 Å². The first kappa shape index (κ1) is 22.1. The molecule has 0 atom stereocenters. The van der Waals surface area contributed by atoms with Gasteiger partial charge in [0.1, 0.15) is 0 Å². The van der Waals surface area contributed by atoms with Gasteiger partial charge in [0.15, 0.2) is 0 Å². The maximum absolute atomic E-state index is 12.8. The molecule has 1 amide bonds. The highest BCUT2D eigenvalue weighted by Gasteiger charge is 2.15. The molecule has 0 saturated carbocycles. The maximum atomic E-state index is 12.8. The van der Waals surface area contributed by atoms with Gasteiger partial charge >= 0.3 is 0 Å². The molecular formula is C24H18Cl2N2O3S. The first-order valence-electron chi connectivity index (χ1n) is 9.66. The molecule has 0 spiro atoms. The van der Waals surface area contributed by atoms with Crippen molar-refractivity contribution in [2.45, 2.75) is 11.3 Å². The van der Waals surface area contributed by atoms with Gasteiger partial charge in [0, 0.05) is 11.4 Å². The summed E-state index contributed by atoms with van der Waals surface area (Å²) >= 11 is 11.8. The van der Waals surface area contributed by atoms with Crippen molar-refractivity contribution in [1.82, 2.24) is 0 Å². The van der Waals surface area contributed by atoms with Crippen LogP contribution >= 0.6 is 23.2 Å². The van der Waals surface area contributed by atoms with Crippen molar-refractivity contribution in [2.75, 3.05) is 10.0 Å². The van der Waals surface area contributed by atoms with E-state index in [1.54, 1.807) is 60.7 Å². The molecule has 4 aromatic rings. The van der Waals surface area contributed by atoms with Gasteiger partial charge in [-0.25, -0.2) is 8.42 Å². The molecule has 4 aromatic carbocycles. The van der Waals surface area contributed by atoms with Crippen LogP contribution in [0.5, 0.6) is 0 Å². The number of hydrogen-bond acceptors (Lipinski definition) is 3. The van der Waals surface area contributed by atoms with Crippen LogP contribution in [-0.2, 0) is 21.2 Å². The van der Waals surface area contributed by atoms with Crippen LogP contribution in [0.4, 0.5) is 11.4 Å². The Hall–Kier alpha value is -3.06. The minimum absolute atomic E-state index is 0.123. The van der Waals surface area contributed by atoms with E-state index in [0.717, 1.165) is 16.3 Å². The third-order valence-electron chi connectivity index (χ3n) is 4.81. The predicted molar refractivity (Wildman–Crippen MR) is 130 cm³/mol. The van der Waals surface area contributed by atoms with Crippen molar-refractivity contribution in [3.8, 4) is 0 Å². The van der Waals surface area contributed by atoms with Crippen molar-refractivity contribution in [1.29, 1.82) is 0 Å². The van der Waals surface area contributed by atoms with E-state index in [2.05, 4.69) is 10.0 Å². The number of carbonyl (C=O) groups excluding carboxylic acids is 1. The van der Waals surface area contributed by atoms with Crippen LogP contribution in [0.1, 0.15) is 5.56 Å². The summed E-state index contributed by atoms with van der Waals surface area (Å²) in [5.74, 6) is -0.229. The standard InChI is InChI=1S/C24H18Cl2N2O3S/c25-22-12-10-20(15-23(22)26)27-24(29)13-16-5-8-19(9-6-16)28-32(30,31)21-11-7-17-3-1-2-4-18(17)14-21/h1-12,14-15,28H,13H2,(H,27,29). The second-order valence-electron chi connectivity index (χ2n) is 7.17. The zero-order valence-electron chi connectivity index (χ0n) is 16.7. The highest BCUT2D eigenvalue weighted by atomic mass is 35.5. The van der Waals surface area contributed by atoms with Crippen molar-refractivity contribution < 1.29 is 13.2 Å². The Morgan fingerprint density at radius 2 is 1.44 bits per heavy atom. The number of nitrogens with one attached hydrogen (secondary N) is 2. The molecule has 4 rings (SSSR count). The lowest BCUT2D eigenvalue weighted by Gasteiger charge is -2.10. The molecule has 0 fully saturated rings.